The Hall–Kier alpha value is -0.960. The molecule has 1 atom stereocenters. The Morgan fingerprint density at radius 3 is 2.12 bits per heavy atom. The van der Waals surface area contributed by atoms with Gasteiger partial charge in [0.2, 0.25) is 20.0 Å². The molecule has 1 unspecified atom stereocenters. The Morgan fingerprint density at radius 1 is 1.08 bits per heavy atom. The van der Waals surface area contributed by atoms with E-state index in [2.05, 4.69) is 0 Å². The van der Waals surface area contributed by atoms with Crippen molar-refractivity contribution in [2.24, 2.45) is 11.1 Å². The van der Waals surface area contributed by atoms with E-state index in [9.17, 15) is 16.8 Å². The quantitative estimate of drug-likeness (QED) is 0.866. The normalized spacial score (nSPS) is 20.3. The number of hydrogen-bond acceptors (Lipinski definition) is 4. The van der Waals surface area contributed by atoms with Gasteiger partial charge in [0.05, 0.1) is 10.6 Å². The van der Waals surface area contributed by atoms with Gasteiger partial charge in [-0.15, -0.1) is 0 Å². The van der Waals surface area contributed by atoms with Crippen molar-refractivity contribution in [3.63, 3.8) is 0 Å². The summed E-state index contributed by atoms with van der Waals surface area (Å²) in [6.45, 7) is 8.06. The van der Waals surface area contributed by atoms with Crippen molar-refractivity contribution in [3.8, 4) is 0 Å². The minimum atomic E-state index is -3.66. The number of hydrogen-bond donors (Lipinski definition) is 1. The summed E-state index contributed by atoms with van der Waals surface area (Å²) >= 11 is 0. The van der Waals surface area contributed by atoms with Gasteiger partial charge in [0.25, 0.3) is 0 Å². The van der Waals surface area contributed by atoms with Crippen LogP contribution in [0, 0.1) is 33.6 Å². The summed E-state index contributed by atoms with van der Waals surface area (Å²) < 4.78 is 50.5. The van der Waals surface area contributed by atoms with Crippen LogP contribution in [-0.2, 0) is 20.0 Å². The first-order chi connectivity index (χ1) is 10.9. The molecule has 0 amide bonds. The maximum absolute atomic E-state index is 13.2. The van der Waals surface area contributed by atoms with Gasteiger partial charge in [0.15, 0.2) is 0 Å². The van der Waals surface area contributed by atoms with Crippen molar-refractivity contribution in [2.75, 3.05) is 18.8 Å². The van der Waals surface area contributed by atoms with Crippen LogP contribution in [0.25, 0.3) is 0 Å². The van der Waals surface area contributed by atoms with Gasteiger partial charge < -0.3 is 0 Å². The third kappa shape index (κ3) is 3.99. The van der Waals surface area contributed by atoms with Crippen molar-refractivity contribution >= 4 is 20.0 Å². The molecule has 0 bridgehead atoms. The number of aryl methyl sites for hydroxylation is 2. The zero-order valence-corrected chi connectivity index (χ0v) is 16.3. The summed E-state index contributed by atoms with van der Waals surface area (Å²) in [7, 11) is -7.27. The Bertz CT molecular complexity index is 819. The van der Waals surface area contributed by atoms with E-state index in [0.29, 0.717) is 24.3 Å². The molecule has 24 heavy (non-hydrogen) atoms. The van der Waals surface area contributed by atoms with Crippen LogP contribution in [0.1, 0.15) is 35.1 Å². The SMILES string of the molecule is Cc1cc(C)c(C)c(S(=O)(=O)N2CCCC(CS(N)(=O)=O)C2)c1C. The lowest BCUT2D eigenvalue weighted by atomic mass is 10.0. The van der Waals surface area contributed by atoms with Crippen LogP contribution in [0.5, 0.6) is 0 Å². The molecule has 0 saturated carbocycles. The fraction of sp³-hybridized carbons (Fsp3) is 0.625. The fourth-order valence-corrected chi connectivity index (χ4v) is 6.47. The Kier molecular flexibility index (Phi) is 5.44. The number of sulfonamides is 2. The second-order valence-electron chi connectivity index (χ2n) is 6.79. The smallest absolute Gasteiger partial charge is 0.229 e. The van der Waals surface area contributed by atoms with E-state index in [0.717, 1.165) is 22.3 Å². The van der Waals surface area contributed by atoms with Gasteiger partial charge in [-0.3, -0.25) is 0 Å². The molecule has 136 valence electrons. The van der Waals surface area contributed by atoms with Crippen molar-refractivity contribution < 1.29 is 16.8 Å². The van der Waals surface area contributed by atoms with Crippen molar-refractivity contribution in [1.29, 1.82) is 0 Å². The second-order valence-corrected chi connectivity index (χ2v) is 10.3. The van der Waals surface area contributed by atoms with Gasteiger partial charge in [-0.1, -0.05) is 6.07 Å². The highest BCUT2D eigenvalue weighted by Crippen LogP contribution is 2.31. The molecule has 1 aromatic carbocycles. The zero-order chi connectivity index (χ0) is 18.3. The number of nitrogens with two attached hydrogens (primary N) is 1. The second kappa shape index (κ2) is 6.74. The molecule has 2 N–H and O–H groups in total. The predicted molar refractivity (Wildman–Crippen MR) is 94.8 cm³/mol. The van der Waals surface area contributed by atoms with E-state index in [4.69, 9.17) is 5.14 Å². The Balaban J connectivity index is 2.41. The molecule has 0 aliphatic carbocycles. The van der Waals surface area contributed by atoms with Crippen molar-refractivity contribution in [2.45, 2.75) is 45.4 Å². The van der Waals surface area contributed by atoms with Crippen LogP contribution in [0.3, 0.4) is 0 Å². The summed E-state index contributed by atoms with van der Waals surface area (Å²) in [5.74, 6) is -0.431. The predicted octanol–water partition coefficient (Wildman–Crippen LogP) is 1.61. The van der Waals surface area contributed by atoms with Crippen molar-refractivity contribution in [1.82, 2.24) is 4.31 Å². The minimum absolute atomic E-state index is 0.177. The summed E-state index contributed by atoms with van der Waals surface area (Å²) in [6, 6.07) is 1.99. The van der Waals surface area contributed by atoms with Gasteiger partial charge in [-0.05, 0) is 68.7 Å². The van der Waals surface area contributed by atoms with E-state index < -0.39 is 20.0 Å². The number of nitrogens with zero attached hydrogens (tertiary/aromatic N) is 1. The van der Waals surface area contributed by atoms with E-state index in [-0.39, 0.29) is 18.2 Å². The summed E-state index contributed by atoms with van der Waals surface area (Å²) in [6.07, 6.45) is 1.32. The Labute approximate surface area is 145 Å². The van der Waals surface area contributed by atoms with E-state index in [1.54, 1.807) is 0 Å². The summed E-state index contributed by atoms with van der Waals surface area (Å²) in [5, 5.41) is 5.12. The number of rotatable bonds is 4. The van der Waals surface area contributed by atoms with Crippen LogP contribution < -0.4 is 5.14 Å². The lowest BCUT2D eigenvalue weighted by Crippen LogP contribution is -2.43. The minimum Gasteiger partial charge on any atom is -0.229 e. The summed E-state index contributed by atoms with van der Waals surface area (Å²) in [5.41, 5.74) is 3.39. The third-order valence-electron chi connectivity index (χ3n) is 4.84. The van der Waals surface area contributed by atoms with Gasteiger partial charge in [0.1, 0.15) is 0 Å². The van der Waals surface area contributed by atoms with Gasteiger partial charge in [-0.25, -0.2) is 22.0 Å². The number of primary sulfonamides is 1. The van der Waals surface area contributed by atoms with Crippen LogP contribution in [-0.4, -0.2) is 40.0 Å². The first-order valence-corrected chi connectivity index (χ1v) is 11.2. The monoisotopic (exact) mass is 374 g/mol. The zero-order valence-electron chi connectivity index (χ0n) is 14.7. The largest absolute Gasteiger partial charge is 0.243 e. The molecule has 1 heterocycles. The van der Waals surface area contributed by atoms with Gasteiger partial charge in [0, 0.05) is 13.1 Å². The lowest BCUT2D eigenvalue weighted by Gasteiger charge is -2.32. The fourth-order valence-electron chi connectivity index (χ4n) is 3.41. The maximum Gasteiger partial charge on any atom is 0.243 e. The lowest BCUT2D eigenvalue weighted by molar-refractivity contribution is 0.282. The van der Waals surface area contributed by atoms with Crippen LogP contribution in [0.2, 0.25) is 0 Å². The first kappa shape index (κ1) is 19.4. The third-order valence-corrected chi connectivity index (χ3v) is 7.92. The highest BCUT2D eigenvalue weighted by Gasteiger charge is 2.34. The topological polar surface area (TPSA) is 97.5 Å². The Morgan fingerprint density at radius 2 is 1.62 bits per heavy atom. The molecular weight excluding hydrogens is 348 g/mol. The van der Waals surface area contributed by atoms with E-state index in [1.165, 1.54) is 4.31 Å². The average Bonchev–Trinajstić information content (AvgIpc) is 2.43. The molecule has 1 saturated heterocycles. The molecule has 1 fully saturated rings. The van der Waals surface area contributed by atoms with E-state index in [1.807, 2.05) is 33.8 Å². The molecule has 2 rings (SSSR count). The highest BCUT2D eigenvalue weighted by molar-refractivity contribution is 7.89. The van der Waals surface area contributed by atoms with Gasteiger partial charge in [-0.2, -0.15) is 4.31 Å². The molecule has 0 spiro atoms. The van der Waals surface area contributed by atoms with Crippen molar-refractivity contribution in [3.05, 3.63) is 28.3 Å². The summed E-state index contributed by atoms with van der Waals surface area (Å²) in [4.78, 5) is 0.358. The molecule has 8 heteroatoms. The molecule has 1 aliphatic heterocycles. The first-order valence-electron chi connectivity index (χ1n) is 8.01. The maximum atomic E-state index is 13.2. The molecule has 0 radical (unpaired) electrons. The van der Waals surface area contributed by atoms with Crippen LogP contribution in [0.15, 0.2) is 11.0 Å². The number of piperidine rings is 1. The van der Waals surface area contributed by atoms with Crippen LogP contribution in [0.4, 0.5) is 0 Å². The molecule has 1 aliphatic rings. The van der Waals surface area contributed by atoms with E-state index >= 15 is 0 Å². The number of benzene rings is 1. The standard InChI is InChI=1S/C16H26N2O4S2/c1-11-8-12(2)14(4)16(13(11)3)24(21,22)18-7-5-6-15(9-18)10-23(17,19)20/h8,15H,5-7,9-10H2,1-4H3,(H2,17,19,20). The highest BCUT2D eigenvalue weighted by atomic mass is 32.2. The molecule has 6 nitrogen and oxygen atoms in total. The van der Waals surface area contributed by atoms with Crippen LogP contribution >= 0.6 is 0 Å². The average molecular weight is 375 g/mol. The molecule has 0 aromatic heterocycles. The molecule has 1 aromatic rings. The molecular formula is C16H26N2O4S2. The van der Waals surface area contributed by atoms with Gasteiger partial charge >= 0.3 is 0 Å².